The first-order chi connectivity index (χ1) is 12.2. The van der Waals surface area contributed by atoms with Crippen LogP contribution in [0.4, 0.5) is 5.95 Å². The fourth-order valence-corrected chi connectivity index (χ4v) is 2.85. The van der Waals surface area contributed by atoms with Crippen LogP contribution in [0.15, 0.2) is 53.5 Å². The van der Waals surface area contributed by atoms with Gasteiger partial charge in [0.1, 0.15) is 11.2 Å². The Morgan fingerprint density at radius 3 is 2.88 bits per heavy atom. The van der Waals surface area contributed by atoms with Crippen LogP contribution in [0.3, 0.4) is 0 Å². The number of aryl methyl sites for hydroxylation is 1. The number of pyridine rings is 2. The smallest absolute Gasteiger partial charge is 0.265 e. The Labute approximate surface area is 142 Å². The molecular weight excluding hydrogens is 318 g/mol. The number of nitrogens with zero attached hydrogens (tertiary/aromatic N) is 3. The molecule has 7 nitrogen and oxygen atoms in total. The second-order valence-electron chi connectivity index (χ2n) is 5.58. The van der Waals surface area contributed by atoms with E-state index in [4.69, 9.17) is 0 Å². The van der Waals surface area contributed by atoms with Crippen LogP contribution in [0.5, 0.6) is 0 Å². The third-order valence-corrected chi connectivity index (χ3v) is 4.03. The fourth-order valence-electron chi connectivity index (χ4n) is 2.85. The van der Waals surface area contributed by atoms with Crippen molar-refractivity contribution in [2.45, 2.75) is 13.5 Å². The van der Waals surface area contributed by atoms with Gasteiger partial charge in [-0.25, -0.2) is 9.97 Å². The Morgan fingerprint density at radius 2 is 2.08 bits per heavy atom. The Morgan fingerprint density at radius 1 is 1.24 bits per heavy atom. The van der Waals surface area contributed by atoms with Gasteiger partial charge in [0.05, 0.1) is 11.0 Å². The number of hydrogen-bond acceptors (Lipinski definition) is 4. The van der Waals surface area contributed by atoms with Gasteiger partial charge in [0.25, 0.3) is 11.5 Å². The zero-order valence-corrected chi connectivity index (χ0v) is 13.5. The predicted octanol–water partition coefficient (Wildman–Crippen LogP) is 2.55. The Hall–Kier alpha value is -3.48. The number of aromatic nitrogens is 4. The first kappa shape index (κ1) is 15.1. The topological polar surface area (TPSA) is 92.7 Å². The minimum Gasteiger partial charge on any atom is -0.324 e. The molecule has 0 radical (unpaired) electrons. The van der Waals surface area contributed by atoms with E-state index in [1.165, 1.54) is 4.57 Å². The second-order valence-corrected chi connectivity index (χ2v) is 5.58. The van der Waals surface area contributed by atoms with Gasteiger partial charge in [-0.05, 0) is 37.3 Å². The van der Waals surface area contributed by atoms with Gasteiger partial charge in [0.15, 0.2) is 0 Å². The summed E-state index contributed by atoms with van der Waals surface area (Å²) in [4.78, 5) is 36.8. The SMILES string of the molecule is CCn1c(=O)c(C(=O)Nc2nc3ccccc3[nH]2)cc2cccnc21. The van der Waals surface area contributed by atoms with E-state index in [9.17, 15) is 9.59 Å². The summed E-state index contributed by atoms with van der Waals surface area (Å²) in [6, 6.07) is 12.6. The van der Waals surface area contributed by atoms with E-state index in [2.05, 4.69) is 20.3 Å². The number of hydrogen-bond donors (Lipinski definition) is 2. The van der Waals surface area contributed by atoms with E-state index in [1.54, 1.807) is 18.3 Å². The first-order valence-electron chi connectivity index (χ1n) is 7.92. The van der Waals surface area contributed by atoms with Crippen LogP contribution in [-0.4, -0.2) is 25.4 Å². The molecular formula is C18H15N5O2. The number of carbonyl (C=O) groups excluding carboxylic acids is 1. The van der Waals surface area contributed by atoms with Crippen molar-refractivity contribution < 1.29 is 4.79 Å². The second kappa shape index (κ2) is 5.86. The molecule has 3 heterocycles. The maximum atomic E-state index is 12.6. The molecule has 4 rings (SSSR count). The average molecular weight is 333 g/mol. The molecule has 1 aromatic carbocycles. The van der Waals surface area contributed by atoms with Crippen LogP contribution in [0.2, 0.25) is 0 Å². The summed E-state index contributed by atoms with van der Waals surface area (Å²) in [5.41, 5.74) is 1.80. The number of H-pyrrole nitrogens is 1. The summed E-state index contributed by atoms with van der Waals surface area (Å²) in [5.74, 6) is -0.197. The van der Waals surface area contributed by atoms with Crippen LogP contribution >= 0.6 is 0 Å². The van der Waals surface area contributed by atoms with Crippen LogP contribution < -0.4 is 10.9 Å². The first-order valence-corrected chi connectivity index (χ1v) is 7.92. The van der Waals surface area contributed by atoms with Gasteiger partial charge in [0, 0.05) is 18.1 Å². The van der Waals surface area contributed by atoms with Gasteiger partial charge < -0.3 is 4.98 Å². The molecule has 0 aliphatic heterocycles. The maximum absolute atomic E-state index is 12.6. The molecule has 2 N–H and O–H groups in total. The highest BCUT2D eigenvalue weighted by Gasteiger charge is 2.17. The molecule has 0 aliphatic rings. The number of benzene rings is 1. The molecule has 0 saturated carbocycles. The van der Waals surface area contributed by atoms with Gasteiger partial charge in [-0.1, -0.05) is 12.1 Å². The molecule has 25 heavy (non-hydrogen) atoms. The molecule has 1 amide bonds. The summed E-state index contributed by atoms with van der Waals surface area (Å²) < 4.78 is 1.49. The van der Waals surface area contributed by atoms with E-state index >= 15 is 0 Å². The van der Waals surface area contributed by atoms with Gasteiger partial charge in [-0.15, -0.1) is 0 Å². The number of amides is 1. The molecule has 0 bridgehead atoms. The minimum atomic E-state index is -0.503. The summed E-state index contributed by atoms with van der Waals surface area (Å²) in [6.07, 6.45) is 1.63. The van der Waals surface area contributed by atoms with Crippen molar-refractivity contribution in [3.8, 4) is 0 Å². The Balaban J connectivity index is 1.77. The van der Waals surface area contributed by atoms with E-state index < -0.39 is 5.91 Å². The van der Waals surface area contributed by atoms with Crippen molar-refractivity contribution in [1.82, 2.24) is 19.5 Å². The zero-order valence-electron chi connectivity index (χ0n) is 13.5. The summed E-state index contributed by atoms with van der Waals surface area (Å²) >= 11 is 0. The monoisotopic (exact) mass is 333 g/mol. The van der Waals surface area contributed by atoms with Gasteiger partial charge in [-0.2, -0.15) is 0 Å². The molecule has 0 saturated heterocycles. The quantitative estimate of drug-likeness (QED) is 0.602. The largest absolute Gasteiger partial charge is 0.324 e. The summed E-state index contributed by atoms with van der Waals surface area (Å²) in [5, 5.41) is 3.40. The van der Waals surface area contributed by atoms with Crippen LogP contribution in [0.25, 0.3) is 22.1 Å². The highest BCUT2D eigenvalue weighted by atomic mass is 16.2. The third-order valence-electron chi connectivity index (χ3n) is 4.03. The number of aromatic amines is 1. The highest BCUT2D eigenvalue weighted by Crippen LogP contribution is 2.15. The molecule has 124 valence electrons. The lowest BCUT2D eigenvalue weighted by Gasteiger charge is -2.09. The van der Waals surface area contributed by atoms with E-state index in [-0.39, 0.29) is 11.1 Å². The van der Waals surface area contributed by atoms with E-state index in [0.29, 0.717) is 18.1 Å². The number of nitrogens with one attached hydrogen (secondary N) is 2. The number of para-hydroxylation sites is 2. The molecule has 0 fully saturated rings. The Bertz CT molecular complexity index is 1130. The standard InChI is InChI=1S/C18H15N5O2/c1-2-23-15-11(6-5-9-19-15)10-12(17(23)25)16(24)22-18-20-13-7-3-4-8-14(13)21-18/h3-10H,2H2,1H3,(H2,20,21,22,24). The van der Waals surface area contributed by atoms with Crippen LogP contribution in [0, 0.1) is 0 Å². The van der Waals surface area contributed by atoms with Crippen molar-refractivity contribution in [2.24, 2.45) is 0 Å². The molecule has 4 aromatic rings. The highest BCUT2D eigenvalue weighted by molar-refractivity contribution is 6.05. The third kappa shape index (κ3) is 2.55. The van der Waals surface area contributed by atoms with Crippen molar-refractivity contribution in [3.63, 3.8) is 0 Å². The van der Waals surface area contributed by atoms with Gasteiger partial charge >= 0.3 is 0 Å². The number of imidazole rings is 1. The van der Waals surface area contributed by atoms with E-state index in [1.807, 2.05) is 37.3 Å². The molecule has 0 unspecified atom stereocenters. The molecule has 0 spiro atoms. The minimum absolute atomic E-state index is 0.0582. The molecule has 7 heteroatoms. The summed E-state index contributed by atoms with van der Waals surface area (Å²) in [7, 11) is 0. The average Bonchev–Trinajstić information content (AvgIpc) is 3.03. The van der Waals surface area contributed by atoms with Crippen molar-refractivity contribution in [1.29, 1.82) is 0 Å². The van der Waals surface area contributed by atoms with Crippen LogP contribution in [-0.2, 0) is 6.54 Å². The van der Waals surface area contributed by atoms with Crippen LogP contribution in [0.1, 0.15) is 17.3 Å². The summed E-state index contributed by atoms with van der Waals surface area (Å²) in [6.45, 7) is 2.27. The number of anilines is 1. The normalized spacial score (nSPS) is 11.1. The lowest BCUT2D eigenvalue weighted by Crippen LogP contribution is -2.29. The lowest BCUT2D eigenvalue weighted by atomic mass is 10.2. The van der Waals surface area contributed by atoms with Gasteiger partial charge in [0.2, 0.25) is 5.95 Å². The number of rotatable bonds is 3. The van der Waals surface area contributed by atoms with Gasteiger partial charge in [-0.3, -0.25) is 19.5 Å². The lowest BCUT2D eigenvalue weighted by molar-refractivity contribution is 0.102. The number of carbonyl (C=O) groups is 1. The van der Waals surface area contributed by atoms with Crippen molar-refractivity contribution in [3.05, 3.63) is 64.6 Å². The predicted molar refractivity (Wildman–Crippen MR) is 95.7 cm³/mol. The van der Waals surface area contributed by atoms with Crippen molar-refractivity contribution >= 4 is 33.9 Å². The van der Waals surface area contributed by atoms with Crippen molar-refractivity contribution in [2.75, 3.05) is 5.32 Å². The molecule has 0 atom stereocenters. The number of fused-ring (bicyclic) bond motifs is 2. The maximum Gasteiger partial charge on any atom is 0.265 e. The molecule has 0 aliphatic carbocycles. The molecule has 3 aromatic heterocycles. The zero-order chi connectivity index (χ0) is 17.4. The Kier molecular flexibility index (Phi) is 3.53. The van der Waals surface area contributed by atoms with E-state index in [0.717, 1.165) is 16.4 Å². The fraction of sp³-hybridized carbons (Fsp3) is 0.111.